The molecule has 3 fully saturated rings. The zero-order valence-corrected chi connectivity index (χ0v) is 38.7. The van der Waals surface area contributed by atoms with Gasteiger partial charge in [-0.3, -0.25) is 14.5 Å². The molecule has 1 unspecified atom stereocenters. The maximum atomic E-state index is 14.3. The summed E-state index contributed by atoms with van der Waals surface area (Å²) in [6.45, 7) is 15.9. The van der Waals surface area contributed by atoms with Gasteiger partial charge in [0.15, 0.2) is 5.82 Å². The molecule has 0 saturated carbocycles. The first-order chi connectivity index (χ1) is 31.5. The third-order valence-corrected chi connectivity index (χ3v) is 14.8. The van der Waals surface area contributed by atoms with Crippen molar-refractivity contribution in [2.24, 2.45) is 11.8 Å². The quantitative estimate of drug-likeness (QED) is 0.101. The molecule has 3 aromatic heterocycles. The van der Waals surface area contributed by atoms with Crippen molar-refractivity contribution < 1.29 is 24.3 Å². The summed E-state index contributed by atoms with van der Waals surface area (Å²) in [6.07, 6.45) is 3.49. The van der Waals surface area contributed by atoms with Crippen LogP contribution in [0.25, 0.3) is 21.7 Å². The van der Waals surface area contributed by atoms with Crippen LogP contribution >= 0.6 is 11.3 Å². The van der Waals surface area contributed by atoms with Gasteiger partial charge in [-0.25, -0.2) is 4.98 Å². The smallest absolute Gasteiger partial charge is 0.243 e. The van der Waals surface area contributed by atoms with E-state index in [4.69, 9.17) is 4.52 Å². The number of thiazole rings is 1. The molecule has 4 aliphatic rings. The number of aryl methyl sites for hydroxylation is 2. The van der Waals surface area contributed by atoms with Gasteiger partial charge in [0.1, 0.15) is 23.5 Å². The van der Waals surface area contributed by atoms with E-state index in [-0.39, 0.29) is 42.5 Å². The van der Waals surface area contributed by atoms with Gasteiger partial charge >= 0.3 is 0 Å². The number of anilines is 2. The molecular weight excluding hydrogens is 841 g/mol. The van der Waals surface area contributed by atoms with Crippen molar-refractivity contribution >= 4 is 34.7 Å². The predicted molar refractivity (Wildman–Crippen MR) is 252 cm³/mol. The van der Waals surface area contributed by atoms with E-state index in [1.165, 1.54) is 17.7 Å². The molecule has 0 radical (unpaired) electrons. The van der Waals surface area contributed by atoms with Gasteiger partial charge in [0.25, 0.3) is 0 Å². The van der Waals surface area contributed by atoms with Gasteiger partial charge in [-0.05, 0) is 93.8 Å². The van der Waals surface area contributed by atoms with E-state index in [9.17, 15) is 19.8 Å². The highest BCUT2D eigenvalue weighted by Crippen LogP contribution is 2.37. The molecule has 2 amide bonds. The lowest BCUT2D eigenvalue weighted by Gasteiger charge is -2.47. The van der Waals surface area contributed by atoms with Crippen molar-refractivity contribution in [2.45, 2.75) is 89.9 Å². The number of piperidine rings is 1. The molecule has 0 bridgehead atoms. The first kappa shape index (κ1) is 44.8. The Hall–Kier alpha value is -5.42. The van der Waals surface area contributed by atoms with E-state index in [1.807, 2.05) is 81.7 Å². The number of piperazine rings is 1. The third-order valence-electron chi connectivity index (χ3n) is 13.8. The Bertz CT molecular complexity index is 2440. The summed E-state index contributed by atoms with van der Waals surface area (Å²) in [5.41, 5.74) is 8.11. The number of carbonyl (C=O) groups excluding carboxylic acids is 2. The summed E-state index contributed by atoms with van der Waals surface area (Å²) in [4.78, 5) is 42.7. The second kappa shape index (κ2) is 19.6. The molecule has 4 N–H and O–H groups in total. The van der Waals surface area contributed by atoms with Crippen LogP contribution in [0.1, 0.15) is 81.1 Å². The molecule has 65 heavy (non-hydrogen) atoms. The molecule has 6 atom stereocenters. The SMILES string of the molecule is Cc1ncsc1-c1ccc([C@H](C)NC(=O)[C@@H]2C[C@@H](O)CN2C(=O)[C@@H](c2cc(CCCN3CCCC(CN4CCN5c6cc(-c7ccccc7O)nnc6NC[C@H]5C4)C3)no2)C(C)C)cc1. The van der Waals surface area contributed by atoms with Crippen LogP contribution in [0.15, 0.2) is 70.7 Å². The highest BCUT2D eigenvalue weighted by Gasteiger charge is 2.43. The number of para-hydroxylation sites is 1. The number of aliphatic hydroxyl groups excluding tert-OH is 1. The van der Waals surface area contributed by atoms with Crippen molar-refractivity contribution in [3.8, 4) is 27.4 Å². The number of likely N-dealkylation sites (tertiary alicyclic amines) is 2. The summed E-state index contributed by atoms with van der Waals surface area (Å²) < 4.78 is 5.88. The normalized spacial score (nSPS) is 22.3. The Kier molecular flexibility index (Phi) is 13.5. The number of aliphatic hydroxyl groups is 1. The van der Waals surface area contributed by atoms with Crippen molar-refractivity contribution in [1.82, 2.24) is 40.4 Å². The first-order valence-electron chi connectivity index (χ1n) is 23.3. The van der Waals surface area contributed by atoms with Crippen molar-refractivity contribution in [3.05, 3.63) is 88.9 Å². The number of rotatable bonds is 14. The van der Waals surface area contributed by atoms with Crippen LogP contribution in [0.5, 0.6) is 5.75 Å². The fourth-order valence-corrected chi connectivity index (χ4v) is 11.2. The number of phenolic OH excluding ortho intramolecular Hbond substituents is 1. The van der Waals surface area contributed by atoms with E-state index in [0.29, 0.717) is 29.0 Å². The van der Waals surface area contributed by atoms with Gasteiger partial charge in [0.05, 0.1) is 51.3 Å². The maximum Gasteiger partial charge on any atom is 0.243 e. The van der Waals surface area contributed by atoms with Gasteiger partial charge in [-0.1, -0.05) is 55.4 Å². The van der Waals surface area contributed by atoms with Crippen LogP contribution in [-0.2, 0) is 16.0 Å². The Morgan fingerprint density at radius 1 is 1.00 bits per heavy atom. The second-order valence-corrected chi connectivity index (χ2v) is 19.7. The van der Waals surface area contributed by atoms with Crippen LogP contribution in [0.4, 0.5) is 11.5 Å². The van der Waals surface area contributed by atoms with Crippen LogP contribution in [0, 0.1) is 18.8 Å². The minimum Gasteiger partial charge on any atom is -0.507 e. The molecule has 7 heterocycles. The molecular formula is C49H62N10O5S. The average molecular weight is 903 g/mol. The van der Waals surface area contributed by atoms with Crippen molar-refractivity contribution in [3.63, 3.8) is 0 Å². The van der Waals surface area contributed by atoms with E-state index in [2.05, 4.69) is 51.7 Å². The summed E-state index contributed by atoms with van der Waals surface area (Å²) in [5.74, 6) is 0.871. The van der Waals surface area contributed by atoms with Gasteiger partial charge < -0.3 is 40.1 Å². The number of phenols is 1. The molecule has 344 valence electrons. The number of aromatic nitrogens is 4. The van der Waals surface area contributed by atoms with E-state index >= 15 is 0 Å². The Morgan fingerprint density at radius 3 is 2.62 bits per heavy atom. The number of amides is 2. The number of nitrogens with one attached hydrogen (secondary N) is 2. The number of hydrogen-bond donors (Lipinski definition) is 4. The van der Waals surface area contributed by atoms with Gasteiger partial charge in [-0.2, -0.15) is 0 Å². The van der Waals surface area contributed by atoms with Gasteiger partial charge in [0, 0.05) is 63.9 Å². The topological polar surface area (TPSA) is 176 Å². The Balaban J connectivity index is 0.750. The maximum absolute atomic E-state index is 14.3. The molecule has 5 aromatic rings. The van der Waals surface area contributed by atoms with Crippen molar-refractivity contribution in [2.75, 3.05) is 69.1 Å². The molecule has 9 rings (SSSR count). The van der Waals surface area contributed by atoms with Crippen LogP contribution < -0.4 is 15.5 Å². The number of aromatic hydroxyl groups is 1. The van der Waals surface area contributed by atoms with Gasteiger partial charge in [-0.15, -0.1) is 21.5 Å². The predicted octanol–water partition coefficient (Wildman–Crippen LogP) is 6.11. The molecule has 16 heteroatoms. The van der Waals surface area contributed by atoms with Gasteiger partial charge in [0.2, 0.25) is 11.8 Å². The summed E-state index contributed by atoms with van der Waals surface area (Å²) in [7, 11) is 0. The third kappa shape index (κ3) is 9.91. The number of nitrogens with zero attached hydrogens (tertiary/aromatic N) is 8. The lowest BCUT2D eigenvalue weighted by Crippen LogP contribution is -2.58. The minimum absolute atomic E-state index is 0.0934. The van der Waals surface area contributed by atoms with Crippen LogP contribution in [-0.4, -0.2) is 134 Å². The zero-order chi connectivity index (χ0) is 45.2. The van der Waals surface area contributed by atoms with Crippen LogP contribution in [0.3, 0.4) is 0 Å². The number of β-amino-alcohol motifs (C(OH)–C–C–N with tert-alkyl or cyclic N) is 1. The highest BCUT2D eigenvalue weighted by molar-refractivity contribution is 7.13. The fourth-order valence-electron chi connectivity index (χ4n) is 10.4. The Labute approximate surface area is 385 Å². The summed E-state index contributed by atoms with van der Waals surface area (Å²) in [5, 5.41) is 41.1. The van der Waals surface area contributed by atoms with E-state index in [0.717, 1.165) is 104 Å². The lowest BCUT2D eigenvalue weighted by molar-refractivity contribution is -0.141. The second-order valence-electron chi connectivity index (χ2n) is 18.8. The average Bonchev–Trinajstić information content (AvgIpc) is 4.06. The monoisotopic (exact) mass is 902 g/mol. The molecule has 3 saturated heterocycles. The number of hydrogen-bond acceptors (Lipinski definition) is 14. The molecule has 4 aliphatic heterocycles. The Morgan fingerprint density at radius 2 is 1.83 bits per heavy atom. The molecule has 2 aromatic carbocycles. The van der Waals surface area contributed by atoms with Crippen molar-refractivity contribution in [1.29, 1.82) is 0 Å². The number of fused-ring (bicyclic) bond motifs is 3. The zero-order valence-electron chi connectivity index (χ0n) is 37.9. The number of benzene rings is 2. The summed E-state index contributed by atoms with van der Waals surface area (Å²) >= 11 is 1.60. The first-order valence-corrected chi connectivity index (χ1v) is 24.2. The molecule has 15 nitrogen and oxygen atoms in total. The molecule has 0 aliphatic carbocycles. The molecule has 0 spiro atoms. The standard InChI is InChI=1S/C49H62N10O5S/c1-30(2)45(49(63)59-28-38(60)22-42(59)48(62)52-31(3)34-13-15-35(16-14-34)46-32(4)51-29-65-46)44-21-36(55-64-44)10-8-18-56-17-7-9-33(25-56)26-57-19-20-58-37(27-57)24-50-47-41(58)23-40(53-54-47)39-11-5-6-12-43(39)61/h5-6,11-16,21,23,29-31,33,37-38,42,45,60-61H,7-10,17-20,22,24-28H2,1-4H3,(H,50,54)(H,52,62)/t31-,33?,37-,38+,42-,45+/m0/s1. The number of carbonyl (C=O) groups is 2. The summed E-state index contributed by atoms with van der Waals surface area (Å²) in [6, 6.07) is 18.6. The van der Waals surface area contributed by atoms with E-state index < -0.39 is 18.1 Å². The minimum atomic E-state index is -0.792. The van der Waals surface area contributed by atoms with E-state index in [1.54, 1.807) is 17.4 Å². The fraction of sp³-hybridized carbons (Fsp3) is 0.510. The van der Waals surface area contributed by atoms with Crippen LogP contribution in [0.2, 0.25) is 0 Å². The lowest BCUT2D eigenvalue weighted by atomic mass is 9.91. The highest BCUT2D eigenvalue weighted by atomic mass is 32.1. The largest absolute Gasteiger partial charge is 0.507 e.